The second-order valence-corrected chi connectivity index (χ2v) is 10.4. The van der Waals surface area contributed by atoms with Crippen molar-refractivity contribution in [3.05, 3.63) is 94.4 Å². The molecule has 1 N–H and O–H groups in total. The average molecular weight is 519 g/mol. The third-order valence-corrected chi connectivity index (χ3v) is 7.50. The predicted molar refractivity (Wildman–Crippen MR) is 157 cm³/mol. The van der Waals surface area contributed by atoms with Gasteiger partial charge in [0.2, 0.25) is 0 Å². The van der Waals surface area contributed by atoms with E-state index in [0.717, 1.165) is 63.9 Å². The number of benzene rings is 2. The van der Waals surface area contributed by atoms with Crippen molar-refractivity contribution in [3.8, 4) is 0 Å². The SMILES string of the molecule is C=C(NC(C)Cc1ccc(C2=C(OC)C=NN(CCN3CCCCC3)C2=C)cc1)c1c(C)cccc1Cl. The van der Waals surface area contributed by atoms with Gasteiger partial charge in [-0.1, -0.05) is 67.6 Å². The van der Waals surface area contributed by atoms with E-state index in [2.05, 4.69) is 72.7 Å². The molecule has 0 bridgehead atoms. The molecule has 37 heavy (non-hydrogen) atoms. The van der Waals surface area contributed by atoms with Crippen molar-refractivity contribution in [2.24, 2.45) is 5.10 Å². The number of methoxy groups -OCH3 is 1. The molecule has 1 unspecified atom stereocenters. The first-order valence-corrected chi connectivity index (χ1v) is 13.6. The minimum absolute atomic E-state index is 0.199. The predicted octanol–water partition coefficient (Wildman–Crippen LogP) is 6.50. The van der Waals surface area contributed by atoms with Crippen LogP contribution in [-0.4, -0.2) is 55.5 Å². The quantitative estimate of drug-likeness (QED) is 0.390. The molecular formula is C31H39ClN4O. The molecule has 2 aromatic carbocycles. The topological polar surface area (TPSA) is 40.1 Å². The van der Waals surface area contributed by atoms with Crippen molar-refractivity contribution in [2.75, 3.05) is 33.3 Å². The molecule has 2 aliphatic heterocycles. The van der Waals surface area contributed by atoms with E-state index in [0.29, 0.717) is 0 Å². The molecule has 4 rings (SSSR count). The Morgan fingerprint density at radius 1 is 1.11 bits per heavy atom. The summed E-state index contributed by atoms with van der Waals surface area (Å²) in [5, 5.41) is 10.9. The number of piperidine rings is 1. The van der Waals surface area contributed by atoms with Gasteiger partial charge in [-0.05, 0) is 69.0 Å². The molecule has 2 heterocycles. The van der Waals surface area contributed by atoms with Crippen LogP contribution in [-0.2, 0) is 11.2 Å². The van der Waals surface area contributed by atoms with Crippen LogP contribution in [0.25, 0.3) is 11.3 Å². The third kappa shape index (κ3) is 6.65. The van der Waals surface area contributed by atoms with Crippen LogP contribution in [0.15, 0.2) is 72.2 Å². The Hall–Kier alpha value is -3.02. The highest BCUT2D eigenvalue weighted by atomic mass is 35.5. The zero-order valence-corrected chi connectivity index (χ0v) is 23.2. The normalized spacial score (nSPS) is 17.2. The lowest BCUT2D eigenvalue weighted by Crippen LogP contribution is -2.36. The molecule has 1 fully saturated rings. The van der Waals surface area contributed by atoms with Crippen LogP contribution in [0.1, 0.15) is 48.4 Å². The summed E-state index contributed by atoms with van der Waals surface area (Å²) in [6.45, 7) is 17.0. The van der Waals surface area contributed by atoms with E-state index in [4.69, 9.17) is 16.3 Å². The zero-order chi connectivity index (χ0) is 26.4. The van der Waals surface area contributed by atoms with E-state index in [-0.39, 0.29) is 6.04 Å². The van der Waals surface area contributed by atoms with Crippen LogP contribution in [0.2, 0.25) is 5.02 Å². The number of rotatable bonds is 10. The van der Waals surface area contributed by atoms with Crippen molar-refractivity contribution in [1.82, 2.24) is 15.2 Å². The Balaban J connectivity index is 1.40. The maximum absolute atomic E-state index is 6.43. The molecule has 0 saturated carbocycles. The van der Waals surface area contributed by atoms with Gasteiger partial charge in [0, 0.05) is 23.8 Å². The largest absolute Gasteiger partial charge is 0.494 e. The molecule has 0 radical (unpaired) electrons. The first kappa shape index (κ1) is 27.0. The number of hydrazone groups is 1. The molecule has 5 nitrogen and oxygen atoms in total. The van der Waals surface area contributed by atoms with Gasteiger partial charge in [0.05, 0.1) is 36.2 Å². The van der Waals surface area contributed by atoms with Gasteiger partial charge in [-0.15, -0.1) is 0 Å². The number of halogens is 1. The lowest BCUT2D eigenvalue weighted by molar-refractivity contribution is 0.202. The number of aryl methyl sites for hydroxylation is 1. The summed E-state index contributed by atoms with van der Waals surface area (Å²) in [4.78, 5) is 2.52. The average Bonchev–Trinajstić information content (AvgIpc) is 2.89. The Morgan fingerprint density at radius 3 is 2.51 bits per heavy atom. The Bertz CT molecular complexity index is 1160. The minimum Gasteiger partial charge on any atom is -0.494 e. The molecule has 0 amide bonds. The van der Waals surface area contributed by atoms with Crippen molar-refractivity contribution in [1.29, 1.82) is 0 Å². The lowest BCUT2D eigenvalue weighted by atomic mass is 9.97. The number of likely N-dealkylation sites (tertiary alicyclic amines) is 1. The summed E-state index contributed by atoms with van der Waals surface area (Å²) in [5.41, 5.74) is 7.14. The smallest absolute Gasteiger partial charge is 0.148 e. The lowest BCUT2D eigenvalue weighted by Gasteiger charge is -2.32. The van der Waals surface area contributed by atoms with Crippen LogP contribution in [0, 0.1) is 6.92 Å². The Labute approximate surface area is 227 Å². The van der Waals surface area contributed by atoms with E-state index in [1.165, 1.54) is 37.9 Å². The van der Waals surface area contributed by atoms with Crippen molar-refractivity contribution >= 4 is 29.1 Å². The first-order valence-electron chi connectivity index (χ1n) is 13.2. The summed E-state index contributed by atoms with van der Waals surface area (Å²) in [7, 11) is 1.69. The number of ether oxygens (including phenoxy) is 1. The molecule has 0 aliphatic carbocycles. The van der Waals surface area contributed by atoms with Gasteiger partial charge in [-0.2, -0.15) is 5.10 Å². The van der Waals surface area contributed by atoms with Crippen LogP contribution in [0.3, 0.4) is 0 Å². The van der Waals surface area contributed by atoms with Gasteiger partial charge in [-0.25, -0.2) is 0 Å². The molecule has 0 aromatic heterocycles. The van der Waals surface area contributed by atoms with Gasteiger partial charge in [0.25, 0.3) is 0 Å². The second kappa shape index (κ2) is 12.5. The zero-order valence-electron chi connectivity index (χ0n) is 22.4. The van der Waals surface area contributed by atoms with Crippen LogP contribution < -0.4 is 5.32 Å². The summed E-state index contributed by atoms with van der Waals surface area (Å²) >= 11 is 6.43. The van der Waals surface area contributed by atoms with Crippen molar-refractivity contribution in [3.63, 3.8) is 0 Å². The maximum Gasteiger partial charge on any atom is 0.148 e. The fourth-order valence-electron chi connectivity index (χ4n) is 5.20. The number of nitrogens with one attached hydrogen (secondary N) is 1. The van der Waals surface area contributed by atoms with E-state index >= 15 is 0 Å². The Morgan fingerprint density at radius 2 is 1.84 bits per heavy atom. The highest BCUT2D eigenvalue weighted by Gasteiger charge is 2.23. The highest BCUT2D eigenvalue weighted by Crippen LogP contribution is 2.32. The molecule has 0 spiro atoms. The Kier molecular flexibility index (Phi) is 9.12. The van der Waals surface area contributed by atoms with Gasteiger partial charge >= 0.3 is 0 Å². The number of nitrogens with zero attached hydrogens (tertiary/aromatic N) is 3. The highest BCUT2D eigenvalue weighted by molar-refractivity contribution is 6.32. The van der Waals surface area contributed by atoms with Crippen LogP contribution in [0.4, 0.5) is 0 Å². The van der Waals surface area contributed by atoms with Crippen LogP contribution in [0.5, 0.6) is 0 Å². The molecule has 2 aromatic rings. The summed E-state index contributed by atoms with van der Waals surface area (Å²) < 4.78 is 5.67. The van der Waals surface area contributed by atoms with E-state index < -0.39 is 0 Å². The molecule has 196 valence electrons. The van der Waals surface area contributed by atoms with E-state index in [9.17, 15) is 0 Å². The van der Waals surface area contributed by atoms with Gasteiger partial charge in [0.15, 0.2) is 0 Å². The van der Waals surface area contributed by atoms with Gasteiger partial charge in [-0.3, -0.25) is 5.01 Å². The first-order chi connectivity index (χ1) is 17.9. The second-order valence-electron chi connectivity index (χ2n) is 10.0. The molecule has 2 aliphatic rings. The molecule has 6 heteroatoms. The monoisotopic (exact) mass is 518 g/mol. The number of hydrogen-bond donors (Lipinski definition) is 1. The van der Waals surface area contributed by atoms with Gasteiger partial charge < -0.3 is 15.0 Å². The molecule has 1 saturated heterocycles. The molecular weight excluding hydrogens is 480 g/mol. The maximum atomic E-state index is 6.43. The summed E-state index contributed by atoms with van der Waals surface area (Å²) in [6, 6.07) is 14.8. The fraction of sp³-hybridized carbons (Fsp3) is 0.387. The fourth-order valence-corrected chi connectivity index (χ4v) is 5.53. The van der Waals surface area contributed by atoms with Gasteiger partial charge in [0.1, 0.15) is 5.76 Å². The summed E-state index contributed by atoms with van der Waals surface area (Å²) in [6.07, 6.45) is 6.59. The molecule has 1 atom stereocenters. The summed E-state index contributed by atoms with van der Waals surface area (Å²) in [5.74, 6) is 0.744. The minimum atomic E-state index is 0.199. The van der Waals surface area contributed by atoms with Crippen molar-refractivity contribution in [2.45, 2.75) is 45.6 Å². The van der Waals surface area contributed by atoms with Crippen molar-refractivity contribution < 1.29 is 4.74 Å². The standard InChI is InChI=1S/C31H39ClN4O/c1-22-10-9-11-28(32)30(22)24(3)34-23(2)20-26-12-14-27(15-13-26)31-25(4)36(33-21-29(31)37-5)19-18-35-16-7-6-8-17-35/h9-15,21,23,34H,3-4,6-8,16-20H2,1-2,5H3. The van der Waals surface area contributed by atoms with E-state index in [1.807, 2.05) is 23.4 Å². The van der Waals surface area contributed by atoms with E-state index in [1.54, 1.807) is 7.11 Å². The van der Waals surface area contributed by atoms with Crippen LogP contribution >= 0.6 is 11.6 Å². The number of hydrogen-bond acceptors (Lipinski definition) is 5. The number of allylic oxidation sites excluding steroid dienone is 2. The third-order valence-electron chi connectivity index (χ3n) is 7.19.